The van der Waals surface area contributed by atoms with Crippen LogP contribution in [0.5, 0.6) is 0 Å². The monoisotopic (exact) mass is 439 g/mol. The minimum Gasteiger partial charge on any atom is -0.303 e. The largest absolute Gasteiger partial charge is 0.303 e. The van der Waals surface area contributed by atoms with Crippen molar-refractivity contribution in [3.8, 4) is 11.4 Å². The van der Waals surface area contributed by atoms with E-state index in [1.54, 1.807) is 0 Å². The third-order valence-corrected chi connectivity index (χ3v) is 6.24. The van der Waals surface area contributed by atoms with E-state index in [1.165, 1.54) is 5.56 Å². The van der Waals surface area contributed by atoms with Crippen LogP contribution in [0.3, 0.4) is 0 Å². The minimum atomic E-state index is 0.685. The summed E-state index contributed by atoms with van der Waals surface area (Å²) in [5, 5.41) is 5.45. The first kappa shape index (κ1) is 21.0. The Kier molecular flexibility index (Phi) is 6.79. The van der Waals surface area contributed by atoms with Crippen molar-refractivity contribution in [3.63, 3.8) is 0 Å². The first-order valence-electron chi connectivity index (χ1n) is 10.2. The number of rotatable bonds is 6. The Morgan fingerprint density at radius 1 is 0.967 bits per heavy atom. The van der Waals surface area contributed by atoms with Crippen molar-refractivity contribution in [1.82, 2.24) is 24.1 Å². The average molecular weight is 440 g/mol. The second-order valence-corrected chi connectivity index (χ2v) is 8.29. The highest BCUT2D eigenvalue weighted by Gasteiger charge is 2.18. The zero-order valence-electron chi connectivity index (χ0n) is 17.1. The molecule has 1 aliphatic rings. The van der Waals surface area contributed by atoms with Crippen LogP contribution in [0.1, 0.15) is 5.56 Å². The van der Waals surface area contributed by atoms with Gasteiger partial charge in [0.25, 0.3) is 0 Å². The van der Waals surface area contributed by atoms with E-state index in [1.807, 2.05) is 46.6 Å². The smallest absolute Gasteiger partial charge is 0.199 e. The van der Waals surface area contributed by atoms with Crippen molar-refractivity contribution in [2.75, 3.05) is 32.7 Å². The molecule has 1 aromatic heterocycles. The highest BCUT2D eigenvalue weighted by Crippen LogP contribution is 2.26. The van der Waals surface area contributed by atoms with Gasteiger partial charge >= 0.3 is 0 Å². The molecule has 0 bridgehead atoms. The Hall–Kier alpha value is -2.25. The van der Waals surface area contributed by atoms with Gasteiger partial charge in [0, 0.05) is 45.3 Å². The first-order valence-corrected chi connectivity index (χ1v) is 11.0. The standard InChI is InChI=1S/C23H26ClN5S/c1-26-22(20-11-5-6-12-21(20)24)25-29(23(26)30)18-28-16-14-27(15-17-28)13-7-10-19-8-3-2-4-9-19/h2-12H,13-18H2,1H3/b10-7+. The molecule has 0 atom stereocenters. The van der Waals surface area contributed by atoms with Gasteiger partial charge in [0.05, 0.1) is 11.7 Å². The lowest BCUT2D eigenvalue weighted by molar-refractivity contribution is 0.110. The van der Waals surface area contributed by atoms with Gasteiger partial charge in [0.2, 0.25) is 0 Å². The first-order chi connectivity index (χ1) is 14.6. The summed E-state index contributed by atoms with van der Waals surface area (Å²) >= 11 is 12.0. The number of halogens is 1. The van der Waals surface area contributed by atoms with Crippen LogP contribution in [0.25, 0.3) is 17.5 Å². The predicted octanol–water partition coefficient (Wildman–Crippen LogP) is 4.56. The molecule has 0 amide bonds. The molecule has 0 aliphatic carbocycles. The van der Waals surface area contributed by atoms with Gasteiger partial charge in [0.15, 0.2) is 10.6 Å². The van der Waals surface area contributed by atoms with E-state index in [-0.39, 0.29) is 0 Å². The van der Waals surface area contributed by atoms with E-state index in [2.05, 4.69) is 46.2 Å². The summed E-state index contributed by atoms with van der Waals surface area (Å²) in [6.07, 6.45) is 4.44. The van der Waals surface area contributed by atoms with E-state index in [0.717, 1.165) is 44.1 Å². The van der Waals surface area contributed by atoms with Crippen LogP contribution in [0.15, 0.2) is 60.7 Å². The number of hydrogen-bond donors (Lipinski definition) is 0. The zero-order chi connectivity index (χ0) is 20.9. The summed E-state index contributed by atoms with van der Waals surface area (Å²) in [7, 11) is 1.95. The lowest BCUT2D eigenvalue weighted by Crippen LogP contribution is -2.46. The summed E-state index contributed by atoms with van der Waals surface area (Å²) in [5.74, 6) is 0.801. The highest BCUT2D eigenvalue weighted by atomic mass is 35.5. The Balaban J connectivity index is 1.34. The summed E-state index contributed by atoms with van der Waals surface area (Å²) in [6.45, 7) is 5.75. The molecule has 0 spiro atoms. The Bertz CT molecular complexity index is 1060. The van der Waals surface area contributed by atoms with Crippen LogP contribution in [-0.4, -0.2) is 56.9 Å². The Morgan fingerprint density at radius 2 is 1.63 bits per heavy atom. The third-order valence-electron chi connectivity index (χ3n) is 5.43. The van der Waals surface area contributed by atoms with Crippen molar-refractivity contribution in [1.29, 1.82) is 0 Å². The molecule has 0 N–H and O–H groups in total. The molecule has 0 radical (unpaired) electrons. The molecule has 156 valence electrons. The van der Waals surface area contributed by atoms with E-state index >= 15 is 0 Å². The predicted molar refractivity (Wildman–Crippen MR) is 126 cm³/mol. The normalized spacial score (nSPS) is 15.8. The van der Waals surface area contributed by atoms with Crippen LogP contribution < -0.4 is 0 Å². The summed E-state index contributed by atoms with van der Waals surface area (Å²) in [6, 6.07) is 18.2. The van der Waals surface area contributed by atoms with Gasteiger partial charge in [-0.1, -0.05) is 66.2 Å². The minimum absolute atomic E-state index is 0.685. The second-order valence-electron chi connectivity index (χ2n) is 7.52. The summed E-state index contributed by atoms with van der Waals surface area (Å²) in [5.41, 5.74) is 2.15. The number of hydrogen-bond acceptors (Lipinski definition) is 4. The topological polar surface area (TPSA) is 29.2 Å². The SMILES string of the molecule is Cn1c(-c2ccccc2Cl)nn(CN2CCN(C/C=C/c3ccccc3)CC2)c1=S. The molecule has 3 aromatic rings. The molecule has 2 heterocycles. The van der Waals surface area contributed by atoms with Crippen LogP contribution >= 0.6 is 23.8 Å². The molecule has 5 nitrogen and oxygen atoms in total. The quantitative estimate of drug-likeness (QED) is 0.526. The van der Waals surface area contributed by atoms with Crippen molar-refractivity contribution in [3.05, 3.63) is 76.0 Å². The average Bonchev–Trinajstić information content (AvgIpc) is 3.04. The third kappa shape index (κ3) is 4.90. The zero-order valence-corrected chi connectivity index (χ0v) is 18.7. The van der Waals surface area contributed by atoms with Gasteiger partial charge in [-0.25, -0.2) is 4.68 Å². The highest BCUT2D eigenvalue weighted by molar-refractivity contribution is 7.71. The van der Waals surface area contributed by atoms with Gasteiger partial charge < -0.3 is 4.57 Å². The van der Waals surface area contributed by atoms with Gasteiger partial charge in [-0.15, -0.1) is 0 Å². The Morgan fingerprint density at radius 3 is 2.37 bits per heavy atom. The second kappa shape index (κ2) is 9.71. The fraction of sp³-hybridized carbons (Fsp3) is 0.304. The maximum absolute atomic E-state index is 6.36. The molecule has 1 aliphatic heterocycles. The van der Waals surface area contributed by atoms with Crippen LogP contribution in [0.4, 0.5) is 0 Å². The molecule has 7 heteroatoms. The van der Waals surface area contributed by atoms with E-state index in [4.69, 9.17) is 28.9 Å². The van der Waals surface area contributed by atoms with Gasteiger partial charge in [-0.2, -0.15) is 5.10 Å². The molecule has 1 fully saturated rings. The van der Waals surface area contributed by atoms with Gasteiger partial charge in [-0.05, 0) is 29.9 Å². The molecular formula is C23H26ClN5S. The lowest BCUT2D eigenvalue weighted by atomic mass is 10.2. The molecule has 2 aromatic carbocycles. The van der Waals surface area contributed by atoms with Crippen molar-refractivity contribution < 1.29 is 0 Å². The van der Waals surface area contributed by atoms with E-state index in [0.29, 0.717) is 16.5 Å². The fourth-order valence-corrected chi connectivity index (χ4v) is 4.07. The number of nitrogens with zero attached hydrogens (tertiary/aromatic N) is 5. The molecule has 0 saturated carbocycles. The molecule has 30 heavy (non-hydrogen) atoms. The molecular weight excluding hydrogens is 414 g/mol. The van der Waals surface area contributed by atoms with E-state index < -0.39 is 0 Å². The van der Waals surface area contributed by atoms with Crippen LogP contribution in [0.2, 0.25) is 5.02 Å². The Labute approximate surface area is 187 Å². The van der Waals surface area contributed by atoms with Crippen LogP contribution in [0, 0.1) is 4.77 Å². The molecule has 4 rings (SSSR count). The van der Waals surface area contributed by atoms with Crippen molar-refractivity contribution in [2.24, 2.45) is 7.05 Å². The number of piperazine rings is 1. The fourth-order valence-electron chi connectivity index (χ4n) is 3.66. The van der Waals surface area contributed by atoms with E-state index in [9.17, 15) is 0 Å². The number of benzene rings is 2. The van der Waals surface area contributed by atoms with Gasteiger partial charge in [-0.3, -0.25) is 9.80 Å². The van der Waals surface area contributed by atoms with Gasteiger partial charge in [0.1, 0.15) is 0 Å². The maximum Gasteiger partial charge on any atom is 0.199 e. The summed E-state index contributed by atoms with van der Waals surface area (Å²) < 4.78 is 4.54. The molecule has 1 saturated heterocycles. The van der Waals surface area contributed by atoms with Crippen molar-refractivity contribution >= 4 is 29.9 Å². The lowest BCUT2D eigenvalue weighted by Gasteiger charge is -2.33. The number of aromatic nitrogens is 3. The maximum atomic E-state index is 6.36. The molecule has 0 unspecified atom stereocenters. The summed E-state index contributed by atoms with van der Waals surface area (Å²) in [4.78, 5) is 4.87. The van der Waals surface area contributed by atoms with Crippen LogP contribution in [-0.2, 0) is 13.7 Å². The van der Waals surface area contributed by atoms with Crippen molar-refractivity contribution in [2.45, 2.75) is 6.67 Å².